The summed E-state index contributed by atoms with van der Waals surface area (Å²) in [6.07, 6.45) is 5.72. The third-order valence-electron chi connectivity index (χ3n) is 4.26. The third-order valence-corrected chi connectivity index (χ3v) is 4.26. The number of hydrogen-bond acceptors (Lipinski definition) is 1. The molecule has 1 aliphatic heterocycles. The minimum Gasteiger partial charge on any atom is -0.289 e. The molecule has 0 radical (unpaired) electrons. The van der Waals surface area contributed by atoms with Crippen LogP contribution in [0.2, 0.25) is 0 Å². The van der Waals surface area contributed by atoms with Gasteiger partial charge in [-0.05, 0) is 51.9 Å². The number of hydrogen-bond donors (Lipinski definition) is 0. The molecule has 2 aliphatic rings. The molecular formula is C14H27N. The predicted octanol–water partition coefficient (Wildman–Crippen LogP) is 3.83. The van der Waals surface area contributed by atoms with Crippen molar-refractivity contribution < 1.29 is 0 Å². The Morgan fingerprint density at radius 3 is 1.80 bits per heavy atom. The summed E-state index contributed by atoms with van der Waals surface area (Å²) < 4.78 is 0. The second-order valence-corrected chi connectivity index (χ2v) is 7.69. The number of rotatable bonds is 0. The Kier molecular flexibility index (Phi) is 2.29. The normalized spacial score (nSPS) is 31.2. The maximum Gasteiger partial charge on any atom is 0.0219 e. The molecule has 0 amide bonds. The lowest BCUT2D eigenvalue weighted by Crippen LogP contribution is -2.54. The van der Waals surface area contributed by atoms with Gasteiger partial charge in [-0.25, -0.2) is 0 Å². The van der Waals surface area contributed by atoms with Crippen molar-refractivity contribution in [3.8, 4) is 0 Å². The highest BCUT2D eigenvalue weighted by molar-refractivity contribution is 5.15. The van der Waals surface area contributed by atoms with Gasteiger partial charge in [-0.1, -0.05) is 20.8 Å². The zero-order valence-corrected chi connectivity index (χ0v) is 11.4. The molecule has 1 spiro atoms. The van der Waals surface area contributed by atoms with E-state index in [0.29, 0.717) is 16.5 Å². The van der Waals surface area contributed by atoms with Crippen LogP contribution >= 0.6 is 0 Å². The molecule has 0 N–H and O–H groups in total. The van der Waals surface area contributed by atoms with Crippen molar-refractivity contribution >= 4 is 0 Å². The topological polar surface area (TPSA) is 3.24 Å². The van der Waals surface area contributed by atoms with Crippen LogP contribution in [0.5, 0.6) is 0 Å². The van der Waals surface area contributed by atoms with Gasteiger partial charge in [0.05, 0.1) is 0 Å². The van der Waals surface area contributed by atoms with E-state index < -0.39 is 0 Å². The average molecular weight is 209 g/mol. The van der Waals surface area contributed by atoms with Crippen molar-refractivity contribution in [2.45, 2.75) is 84.3 Å². The fourth-order valence-corrected chi connectivity index (χ4v) is 3.62. The Balaban J connectivity index is 2.27. The molecular weight excluding hydrogens is 182 g/mol. The van der Waals surface area contributed by atoms with Crippen LogP contribution in [0.3, 0.4) is 0 Å². The Hall–Kier alpha value is -0.0400. The molecule has 1 saturated carbocycles. The Bertz CT molecular complexity index is 249. The second-order valence-electron chi connectivity index (χ2n) is 7.69. The highest BCUT2D eigenvalue weighted by atomic mass is 15.3. The quantitative estimate of drug-likeness (QED) is 0.586. The highest BCUT2D eigenvalue weighted by Gasteiger charge is 2.59. The van der Waals surface area contributed by atoms with Gasteiger partial charge in [0.2, 0.25) is 0 Å². The molecule has 0 aromatic heterocycles. The highest BCUT2D eigenvalue weighted by Crippen LogP contribution is 2.57. The van der Waals surface area contributed by atoms with Gasteiger partial charge < -0.3 is 0 Å². The van der Waals surface area contributed by atoms with E-state index in [1.165, 1.54) is 25.7 Å². The molecule has 15 heavy (non-hydrogen) atoms. The van der Waals surface area contributed by atoms with Crippen LogP contribution in [0.15, 0.2) is 0 Å². The van der Waals surface area contributed by atoms with Gasteiger partial charge in [-0.15, -0.1) is 0 Å². The SMILES string of the molecule is CC(C)(C)C1CCC2(CC2)N1C(C)(C)C. The molecule has 1 heteroatoms. The molecule has 1 unspecified atom stereocenters. The molecule has 1 heterocycles. The van der Waals surface area contributed by atoms with Crippen molar-refractivity contribution in [1.29, 1.82) is 0 Å². The van der Waals surface area contributed by atoms with Crippen molar-refractivity contribution in [1.82, 2.24) is 4.90 Å². The average Bonchev–Trinajstić information content (AvgIpc) is 2.56. The van der Waals surface area contributed by atoms with Crippen LogP contribution in [-0.2, 0) is 0 Å². The third kappa shape index (κ3) is 1.84. The lowest BCUT2D eigenvalue weighted by molar-refractivity contribution is 0.0157. The summed E-state index contributed by atoms with van der Waals surface area (Å²) in [5.74, 6) is 0. The van der Waals surface area contributed by atoms with Gasteiger partial charge in [-0.2, -0.15) is 0 Å². The molecule has 1 saturated heterocycles. The summed E-state index contributed by atoms with van der Waals surface area (Å²) in [7, 11) is 0. The maximum absolute atomic E-state index is 2.85. The Labute approximate surface area is 95.2 Å². The lowest BCUT2D eigenvalue weighted by atomic mass is 9.83. The van der Waals surface area contributed by atoms with Crippen LogP contribution < -0.4 is 0 Å². The zero-order chi connectivity index (χ0) is 11.5. The second kappa shape index (κ2) is 3.00. The standard InChI is InChI=1S/C14H27N/c1-12(2,3)11-7-8-14(9-10-14)15(11)13(4,5)6/h11H,7-10H2,1-6H3. The number of likely N-dealkylation sites (tertiary alicyclic amines) is 1. The molecule has 1 atom stereocenters. The fraction of sp³-hybridized carbons (Fsp3) is 1.00. The first-order valence-electron chi connectivity index (χ1n) is 6.46. The molecule has 1 nitrogen and oxygen atoms in total. The monoisotopic (exact) mass is 209 g/mol. The molecule has 0 aromatic rings. The minimum atomic E-state index is 0.338. The van der Waals surface area contributed by atoms with Gasteiger partial charge in [0, 0.05) is 17.1 Å². The van der Waals surface area contributed by atoms with Crippen molar-refractivity contribution in [2.24, 2.45) is 5.41 Å². The minimum absolute atomic E-state index is 0.338. The van der Waals surface area contributed by atoms with Gasteiger partial charge >= 0.3 is 0 Å². The van der Waals surface area contributed by atoms with Gasteiger partial charge in [0.25, 0.3) is 0 Å². The van der Waals surface area contributed by atoms with E-state index in [-0.39, 0.29) is 0 Å². The summed E-state index contributed by atoms with van der Waals surface area (Å²) in [6, 6.07) is 0.778. The Morgan fingerprint density at radius 2 is 1.47 bits per heavy atom. The first kappa shape index (κ1) is 11.4. The van der Waals surface area contributed by atoms with Gasteiger partial charge in [0.15, 0.2) is 0 Å². The summed E-state index contributed by atoms with van der Waals surface area (Å²) in [5.41, 5.74) is 1.38. The van der Waals surface area contributed by atoms with E-state index in [1.54, 1.807) is 0 Å². The first-order valence-corrected chi connectivity index (χ1v) is 6.46. The van der Waals surface area contributed by atoms with E-state index in [9.17, 15) is 0 Å². The summed E-state index contributed by atoms with van der Waals surface area (Å²) in [6.45, 7) is 14.4. The van der Waals surface area contributed by atoms with Gasteiger partial charge in [0.1, 0.15) is 0 Å². The van der Waals surface area contributed by atoms with Crippen LogP contribution in [0.1, 0.15) is 67.2 Å². The molecule has 0 bridgehead atoms. The van der Waals surface area contributed by atoms with E-state index in [4.69, 9.17) is 0 Å². The predicted molar refractivity (Wildman–Crippen MR) is 66.0 cm³/mol. The maximum atomic E-state index is 2.85. The first-order chi connectivity index (χ1) is 6.67. The lowest BCUT2D eigenvalue weighted by Gasteiger charge is -2.46. The van der Waals surface area contributed by atoms with E-state index in [0.717, 1.165) is 6.04 Å². The van der Waals surface area contributed by atoms with Gasteiger partial charge in [-0.3, -0.25) is 4.90 Å². The summed E-state index contributed by atoms with van der Waals surface area (Å²) >= 11 is 0. The molecule has 0 aromatic carbocycles. The van der Waals surface area contributed by atoms with Crippen molar-refractivity contribution in [2.75, 3.05) is 0 Å². The van der Waals surface area contributed by atoms with E-state index in [1.807, 2.05) is 0 Å². The zero-order valence-electron chi connectivity index (χ0n) is 11.4. The summed E-state index contributed by atoms with van der Waals surface area (Å²) in [5, 5.41) is 0. The Morgan fingerprint density at radius 1 is 0.933 bits per heavy atom. The van der Waals surface area contributed by atoms with Crippen LogP contribution in [-0.4, -0.2) is 22.0 Å². The molecule has 2 fully saturated rings. The molecule has 88 valence electrons. The van der Waals surface area contributed by atoms with E-state index in [2.05, 4.69) is 46.4 Å². The van der Waals surface area contributed by atoms with Crippen LogP contribution in [0.4, 0.5) is 0 Å². The largest absolute Gasteiger partial charge is 0.289 e. The van der Waals surface area contributed by atoms with Crippen molar-refractivity contribution in [3.05, 3.63) is 0 Å². The van der Waals surface area contributed by atoms with Crippen molar-refractivity contribution in [3.63, 3.8) is 0 Å². The number of nitrogens with zero attached hydrogens (tertiary/aromatic N) is 1. The van der Waals surface area contributed by atoms with Crippen LogP contribution in [0, 0.1) is 5.41 Å². The van der Waals surface area contributed by atoms with Crippen LogP contribution in [0.25, 0.3) is 0 Å². The summed E-state index contributed by atoms with van der Waals surface area (Å²) in [4.78, 5) is 2.85. The van der Waals surface area contributed by atoms with E-state index >= 15 is 0 Å². The fourth-order valence-electron chi connectivity index (χ4n) is 3.62. The molecule has 1 aliphatic carbocycles. The molecule has 2 rings (SSSR count). The smallest absolute Gasteiger partial charge is 0.0219 e.